The van der Waals surface area contributed by atoms with Crippen LogP contribution in [-0.2, 0) is 0 Å². The van der Waals surface area contributed by atoms with Gasteiger partial charge in [-0.2, -0.15) is 0 Å². The molecule has 0 spiro atoms. The lowest BCUT2D eigenvalue weighted by Gasteiger charge is -1.94. The summed E-state index contributed by atoms with van der Waals surface area (Å²) in [5, 5.41) is 0.679. The largest absolute Gasteiger partial charge is 0.249 e. The fourth-order valence-corrected chi connectivity index (χ4v) is 1.64. The van der Waals surface area contributed by atoms with Gasteiger partial charge in [0.25, 0.3) is 0 Å². The van der Waals surface area contributed by atoms with Crippen LogP contribution in [0, 0.1) is 3.70 Å². The third-order valence-corrected chi connectivity index (χ3v) is 3.21. The molecule has 0 aliphatic carbocycles. The van der Waals surface area contributed by atoms with E-state index in [-0.39, 0.29) is 0 Å². The molecule has 0 aliphatic rings. The van der Waals surface area contributed by atoms with E-state index in [1.807, 2.05) is 6.07 Å². The predicted octanol–water partition coefficient (Wildman–Crippen LogP) is 3.10. The molecule has 0 saturated heterocycles. The second kappa shape index (κ2) is 3.16. The lowest BCUT2D eigenvalue weighted by atomic mass is 10.5. The van der Waals surface area contributed by atoms with Crippen molar-refractivity contribution in [3.05, 3.63) is 25.5 Å². The number of hydrogen-bond acceptors (Lipinski definition) is 1. The van der Waals surface area contributed by atoms with Gasteiger partial charge in [-0.05, 0) is 44.6 Å². The maximum Gasteiger partial charge on any atom is 0.121 e. The normalized spacial score (nSPS) is 9.67. The lowest BCUT2D eigenvalue weighted by molar-refractivity contribution is 1.26. The first-order chi connectivity index (χ1) is 4.22. The second-order valence-electron chi connectivity index (χ2n) is 1.40. The van der Waals surface area contributed by atoms with Crippen molar-refractivity contribution in [2.24, 2.45) is 0 Å². The lowest BCUT2D eigenvalue weighted by Crippen LogP contribution is -1.79. The second-order valence-corrected chi connectivity index (χ2v) is 3.65. The van der Waals surface area contributed by atoms with Crippen molar-refractivity contribution in [2.45, 2.75) is 0 Å². The maximum absolute atomic E-state index is 5.76. The summed E-state index contributed by atoms with van der Waals surface area (Å²) in [5.74, 6) is 0. The Balaban J connectivity index is 3.25. The van der Waals surface area contributed by atoms with Crippen LogP contribution in [0.25, 0.3) is 0 Å². The molecule has 1 rings (SSSR count). The summed E-state index contributed by atoms with van der Waals surface area (Å²) < 4.78 is 1.72. The smallest absolute Gasteiger partial charge is 0.121 e. The quantitative estimate of drug-likeness (QED) is 0.529. The number of rotatable bonds is 0. The molecule has 1 nitrogen and oxygen atoms in total. The molecule has 0 atom stereocenters. The minimum Gasteiger partial charge on any atom is -0.249 e. The minimum atomic E-state index is 0.679. The van der Waals surface area contributed by atoms with Gasteiger partial charge in [-0.1, -0.05) is 11.6 Å². The van der Waals surface area contributed by atoms with Crippen molar-refractivity contribution in [2.75, 3.05) is 0 Å². The number of aromatic nitrogens is 1. The molecule has 1 aromatic rings. The molecule has 0 aliphatic heterocycles. The summed E-state index contributed by atoms with van der Waals surface area (Å²) >= 11 is 11.1. The molecular formula is C5H2BrClIN. The Morgan fingerprint density at radius 1 is 1.67 bits per heavy atom. The van der Waals surface area contributed by atoms with Crippen molar-refractivity contribution >= 4 is 50.1 Å². The zero-order valence-electron chi connectivity index (χ0n) is 4.24. The molecule has 1 aromatic heterocycles. The summed E-state index contributed by atoms with van der Waals surface area (Å²) in [6, 6.07) is 1.81. The van der Waals surface area contributed by atoms with Gasteiger partial charge in [0, 0.05) is 10.7 Å². The number of pyridine rings is 1. The highest BCUT2D eigenvalue weighted by atomic mass is 127. The average molecular weight is 318 g/mol. The zero-order valence-corrected chi connectivity index (χ0v) is 8.74. The van der Waals surface area contributed by atoms with E-state index in [1.54, 1.807) is 6.20 Å². The zero-order chi connectivity index (χ0) is 6.85. The molecule has 0 aromatic carbocycles. The molecule has 9 heavy (non-hydrogen) atoms. The maximum atomic E-state index is 5.76. The van der Waals surface area contributed by atoms with Crippen molar-refractivity contribution < 1.29 is 0 Å². The third kappa shape index (κ3) is 1.78. The van der Waals surface area contributed by atoms with E-state index in [0.29, 0.717) is 5.02 Å². The van der Waals surface area contributed by atoms with E-state index in [9.17, 15) is 0 Å². The van der Waals surface area contributed by atoms with Crippen LogP contribution in [0.1, 0.15) is 0 Å². The van der Waals surface area contributed by atoms with Crippen molar-refractivity contribution in [1.82, 2.24) is 4.98 Å². The predicted molar refractivity (Wildman–Crippen MR) is 49.7 cm³/mol. The first kappa shape index (κ1) is 7.75. The topological polar surface area (TPSA) is 12.9 Å². The Morgan fingerprint density at radius 2 is 2.33 bits per heavy atom. The summed E-state index contributed by atoms with van der Waals surface area (Å²) in [5.41, 5.74) is 0. The summed E-state index contributed by atoms with van der Waals surface area (Å²) in [7, 11) is 0. The Morgan fingerprint density at radius 3 is 2.78 bits per heavy atom. The van der Waals surface area contributed by atoms with E-state index in [2.05, 4.69) is 43.5 Å². The number of halogens is 3. The fourth-order valence-electron chi connectivity index (χ4n) is 0.397. The van der Waals surface area contributed by atoms with Crippen LogP contribution in [-0.4, -0.2) is 4.98 Å². The first-order valence-electron chi connectivity index (χ1n) is 2.17. The molecule has 0 fully saturated rings. The van der Waals surface area contributed by atoms with Crippen molar-refractivity contribution in [3.63, 3.8) is 0 Å². The highest BCUT2D eigenvalue weighted by Gasteiger charge is 1.99. The van der Waals surface area contributed by atoms with Gasteiger partial charge in [0.15, 0.2) is 0 Å². The van der Waals surface area contributed by atoms with E-state index in [1.165, 1.54) is 0 Å². The fraction of sp³-hybridized carbons (Fsp3) is 0. The van der Waals surface area contributed by atoms with Crippen LogP contribution in [0.3, 0.4) is 0 Å². The molecule has 0 bridgehead atoms. The SMILES string of the molecule is Clc1c(Br)ccnc1I. The Kier molecular flexibility index (Phi) is 2.73. The molecule has 0 radical (unpaired) electrons. The molecular weight excluding hydrogens is 316 g/mol. The number of nitrogens with zero attached hydrogens (tertiary/aromatic N) is 1. The Hall–Kier alpha value is 0.650. The van der Waals surface area contributed by atoms with Gasteiger partial charge >= 0.3 is 0 Å². The van der Waals surface area contributed by atoms with Crippen LogP contribution in [0.2, 0.25) is 5.02 Å². The van der Waals surface area contributed by atoms with Gasteiger partial charge in [-0.15, -0.1) is 0 Å². The first-order valence-corrected chi connectivity index (χ1v) is 4.42. The van der Waals surface area contributed by atoms with Crippen LogP contribution < -0.4 is 0 Å². The summed E-state index contributed by atoms with van der Waals surface area (Å²) in [6.45, 7) is 0. The van der Waals surface area contributed by atoms with Crippen molar-refractivity contribution in [3.8, 4) is 0 Å². The van der Waals surface area contributed by atoms with Gasteiger partial charge in [-0.3, -0.25) is 0 Å². The van der Waals surface area contributed by atoms with Gasteiger partial charge in [0.1, 0.15) is 3.70 Å². The number of hydrogen-bond donors (Lipinski definition) is 0. The van der Waals surface area contributed by atoms with Gasteiger partial charge < -0.3 is 0 Å². The molecule has 0 saturated carbocycles. The monoisotopic (exact) mass is 317 g/mol. The van der Waals surface area contributed by atoms with E-state index < -0.39 is 0 Å². The van der Waals surface area contributed by atoms with Gasteiger partial charge in [0.05, 0.1) is 5.02 Å². The standard InChI is InChI=1S/C5H2BrClIN/c6-3-1-2-9-5(8)4(3)7/h1-2H. The van der Waals surface area contributed by atoms with Crippen LogP contribution in [0.4, 0.5) is 0 Å². The Labute approximate surface area is 80.1 Å². The van der Waals surface area contributed by atoms with Gasteiger partial charge in [-0.25, -0.2) is 4.98 Å². The highest BCUT2D eigenvalue weighted by molar-refractivity contribution is 14.1. The average Bonchev–Trinajstić information content (AvgIpc) is 1.83. The van der Waals surface area contributed by atoms with E-state index in [4.69, 9.17) is 11.6 Å². The minimum absolute atomic E-state index is 0.679. The van der Waals surface area contributed by atoms with Gasteiger partial charge in [0.2, 0.25) is 0 Å². The van der Waals surface area contributed by atoms with E-state index >= 15 is 0 Å². The molecule has 48 valence electrons. The van der Waals surface area contributed by atoms with E-state index in [0.717, 1.165) is 8.17 Å². The Bertz CT molecular complexity index is 208. The summed E-state index contributed by atoms with van der Waals surface area (Å²) in [4.78, 5) is 3.96. The molecule has 4 heteroatoms. The van der Waals surface area contributed by atoms with Crippen molar-refractivity contribution in [1.29, 1.82) is 0 Å². The molecule has 0 unspecified atom stereocenters. The third-order valence-electron chi connectivity index (χ3n) is 0.800. The van der Waals surface area contributed by atoms with Crippen LogP contribution >= 0.6 is 50.1 Å². The summed E-state index contributed by atoms with van der Waals surface area (Å²) in [6.07, 6.45) is 1.71. The van der Waals surface area contributed by atoms with Crippen LogP contribution in [0.5, 0.6) is 0 Å². The molecule has 0 amide bonds. The highest BCUT2D eigenvalue weighted by Crippen LogP contribution is 2.24. The van der Waals surface area contributed by atoms with Crippen LogP contribution in [0.15, 0.2) is 16.7 Å². The molecule has 0 N–H and O–H groups in total. The molecule has 1 heterocycles.